The molecule has 4 aromatic rings. The monoisotopic (exact) mass is 534 g/mol. The average molecular weight is 535 g/mol. The number of ether oxygens (including phenoxy) is 2. The van der Waals surface area contributed by atoms with Crippen LogP contribution < -0.4 is 20.3 Å². The van der Waals surface area contributed by atoms with Crippen molar-refractivity contribution in [1.29, 1.82) is 0 Å². The fraction of sp³-hybridized carbons (Fsp3) is 0.154. The number of benzene rings is 3. The van der Waals surface area contributed by atoms with E-state index >= 15 is 0 Å². The Morgan fingerprint density at radius 2 is 1.91 bits per heavy atom. The second-order valence-corrected chi connectivity index (χ2v) is 8.68. The van der Waals surface area contributed by atoms with Crippen molar-refractivity contribution in [3.05, 3.63) is 92.4 Å². The number of nitrogens with zero attached hydrogens (tertiary/aromatic N) is 3. The third kappa shape index (κ3) is 5.58. The van der Waals surface area contributed by atoms with Gasteiger partial charge in [0.05, 0.1) is 24.2 Å². The summed E-state index contributed by atoms with van der Waals surface area (Å²) in [6.45, 7) is 3.44. The van der Waals surface area contributed by atoms with Gasteiger partial charge in [-0.25, -0.2) is 4.98 Å². The van der Waals surface area contributed by atoms with Crippen LogP contribution in [0.5, 0.6) is 11.5 Å². The predicted octanol–water partition coefficient (Wildman–Crippen LogP) is 4.68. The molecule has 9 heteroatoms. The van der Waals surface area contributed by atoms with Crippen LogP contribution in [0.25, 0.3) is 10.9 Å². The van der Waals surface area contributed by atoms with Gasteiger partial charge in [0.1, 0.15) is 5.82 Å². The summed E-state index contributed by atoms with van der Waals surface area (Å²) >= 11 is 3.39. The topological polar surface area (TPSA) is 94.8 Å². The highest BCUT2D eigenvalue weighted by atomic mass is 79.9. The molecular formula is C26H23BrN4O4. The van der Waals surface area contributed by atoms with Crippen LogP contribution in [-0.4, -0.2) is 35.5 Å². The Labute approximate surface area is 210 Å². The Hall–Kier alpha value is -3.98. The van der Waals surface area contributed by atoms with E-state index in [0.29, 0.717) is 39.5 Å². The Morgan fingerprint density at radius 1 is 1.14 bits per heavy atom. The van der Waals surface area contributed by atoms with Crippen molar-refractivity contribution in [2.24, 2.45) is 5.10 Å². The molecule has 0 saturated heterocycles. The molecule has 3 aromatic carbocycles. The second-order valence-electron chi connectivity index (χ2n) is 7.76. The summed E-state index contributed by atoms with van der Waals surface area (Å²) in [7, 11) is 1.51. The van der Waals surface area contributed by atoms with E-state index in [2.05, 4.69) is 31.3 Å². The van der Waals surface area contributed by atoms with Gasteiger partial charge in [-0.05, 0) is 56.3 Å². The van der Waals surface area contributed by atoms with E-state index in [1.165, 1.54) is 18.0 Å². The highest BCUT2D eigenvalue weighted by molar-refractivity contribution is 9.10. The van der Waals surface area contributed by atoms with Gasteiger partial charge in [0, 0.05) is 15.7 Å². The number of carbonyl (C=O) groups excluding carboxylic acids is 1. The zero-order chi connectivity index (χ0) is 24.9. The molecule has 0 saturated carbocycles. The fourth-order valence-corrected chi connectivity index (χ4v) is 3.80. The SMILES string of the molecule is COc1cccc(C=Nn2c(C)nc3ccc(Br)cc3c2=O)c1OCC(=O)Nc1ccc(C)cc1. The summed E-state index contributed by atoms with van der Waals surface area (Å²) in [4.78, 5) is 29.9. The van der Waals surface area contributed by atoms with Crippen molar-refractivity contribution in [2.75, 3.05) is 19.0 Å². The molecule has 1 heterocycles. The quantitative estimate of drug-likeness (QED) is 0.347. The van der Waals surface area contributed by atoms with Crippen LogP contribution in [-0.2, 0) is 4.79 Å². The molecule has 35 heavy (non-hydrogen) atoms. The first-order chi connectivity index (χ1) is 16.9. The summed E-state index contributed by atoms with van der Waals surface area (Å²) in [5.41, 5.74) is 2.60. The van der Waals surface area contributed by atoms with Gasteiger partial charge >= 0.3 is 0 Å². The number of halogens is 1. The van der Waals surface area contributed by atoms with E-state index in [1.54, 1.807) is 37.3 Å². The molecule has 0 spiro atoms. The van der Waals surface area contributed by atoms with Crippen LogP contribution in [0, 0.1) is 13.8 Å². The van der Waals surface area contributed by atoms with Crippen molar-refractivity contribution < 1.29 is 14.3 Å². The number of fused-ring (bicyclic) bond motifs is 1. The number of carbonyl (C=O) groups is 1. The van der Waals surface area contributed by atoms with Crippen LogP contribution >= 0.6 is 15.9 Å². The Kier molecular flexibility index (Phi) is 7.26. The Bertz CT molecular complexity index is 1480. The first-order valence-electron chi connectivity index (χ1n) is 10.8. The summed E-state index contributed by atoms with van der Waals surface area (Å²) in [6.07, 6.45) is 1.48. The lowest BCUT2D eigenvalue weighted by atomic mass is 10.2. The van der Waals surface area contributed by atoms with E-state index in [9.17, 15) is 9.59 Å². The highest BCUT2D eigenvalue weighted by Gasteiger charge is 2.13. The lowest BCUT2D eigenvalue weighted by Gasteiger charge is -2.13. The number of rotatable bonds is 7. The molecular weight excluding hydrogens is 512 g/mol. The first kappa shape index (κ1) is 24.2. The number of anilines is 1. The minimum absolute atomic E-state index is 0.236. The van der Waals surface area contributed by atoms with Crippen molar-refractivity contribution in [3.63, 3.8) is 0 Å². The largest absolute Gasteiger partial charge is 0.493 e. The molecule has 0 aliphatic heterocycles. The molecule has 1 amide bonds. The van der Waals surface area contributed by atoms with Crippen LogP contribution in [0.15, 0.2) is 75.0 Å². The van der Waals surface area contributed by atoms with Gasteiger partial charge in [-0.15, -0.1) is 0 Å². The summed E-state index contributed by atoms with van der Waals surface area (Å²) < 4.78 is 13.2. The predicted molar refractivity (Wildman–Crippen MR) is 140 cm³/mol. The Morgan fingerprint density at radius 3 is 2.66 bits per heavy atom. The van der Waals surface area contributed by atoms with Crippen molar-refractivity contribution in [1.82, 2.24) is 9.66 Å². The van der Waals surface area contributed by atoms with Gasteiger partial charge in [0.2, 0.25) is 0 Å². The number of aromatic nitrogens is 2. The van der Waals surface area contributed by atoms with E-state index < -0.39 is 0 Å². The van der Waals surface area contributed by atoms with E-state index in [0.717, 1.165) is 10.0 Å². The third-order valence-corrected chi connectivity index (χ3v) is 5.69. The molecule has 0 bridgehead atoms. The van der Waals surface area contributed by atoms with Gasteiger partial charge in [-0.3, -0.25) is 9.59 Å². The van der Waals surface area contributed by atoms with Crippen molar-refractivity contribution in [3.8, 4) is 11.5 Å². The van der Waals surface area contributed by atoms with Gasteiger partial charge in [-0.2, -0.15) is 9.78 Å². The molecule has 0 fully saturated rings. The number of methoxy groups -OCH3 is 1. The normalized spacial score (nSPS) is 11.1. The number of aryl methyl sites for hydroxylation is 2. The molecule has 1 N–H and O–H groups in total. The van der Waals surface area contributed by atoms with E-state index in [-0.39, 0.29) is 18.1 Å². The molecule has 0 radical (unpaired) electrons. The molecule has 8 nitrogen and oxygen atoms in total. The maximum absolute atomic E-state index is 13.0. The molecule has 0 aliphatic carbocycles. The Balaban J connectivity index is 1.60. The highest BCUT2D eigenvalue weighted by Crippen LogP contribution is 2.30. The summed E-state index contributed by atoms with van der Waals surface area (Å²) in [5.74, 6) is 0.879. The number of nitrogens with one attached hydrogen (secondary N) is 1. The molecule has 0 atom stereocenters. The molecule has 0 unspecified atom stereocenters. The number of amides is 1. The summed E-state index contributed by atoms with van der Waals surface area (Å²) in [5, 5.41) is 7.60. The minimum Gasteiger partial charge on any atom is -0.493 e. The van der Waals surface area contributed by atoms with E-state index in [4.69, 9.17) is 9.47 Å². The van der Waals surface area contributed by atoms with E-state index in [1.807, 2.05) is 37.3 Å². The van der Waals surface area contributed by atoms with Gasteiger partial charge in [0.15, 0.2) is 18.1 Å². The lowest BCUT2D eigenvalue weighted by molar-refractivity contribution is -0.118. The fourth-order valence-electron chi connectivity index (χ4n) is 3.44. The molecule has 178 valence electrons. The first-order valence-corrected chi connectivity index (χ1v) is 11.5. The van der Waals surface area contributed by atoms with Crippen LogP contribution in [0.4, 0.5) is 5.69 Å². The minimum atomic E-state index is -0.320. The van der Waals surface area contributed by atoms with Crippen molar-refractivity contribution >= 4 is 44.6 Å². The third-order valence-electron chi connectivity index (χ3n) is 5.19. The zero-order valence-corrected chi connectivity index (χ0v) is 21.0. The molecule has 4 rings (SSSR count). The van der Waals surface area contributed by atoms with Crippen LogP contribution in [0.2, 0.25) is 0 Å². The number of hydrogen-bond donors (Lipinski definition) is 1. The smallest absolute Gasteiger partial charge is 0.282 e. The van der Waals surface area contributed by atoms with Gasteiger partial charge in [-0.1, -0.05) is 39.7 Å². The van der Waals surface area contributed by atoms with Crippen molar-refractivity contribution in [2.45, 2.75) is 13.8 Å². The standard InChI is InChI=1S/C26H23BrN4O4/c1-16-7-10-20(11-8-16)30-24(32)15-35-25-18(5-4-6-23(25)34-3)14-28-31-17(2)29-22-12-9-19(27)13-21(22)26(31)33/h4-14H,15H2,1-3H3,(H,30,32). The number of hydrogen-bond acceptors (Lipinski definition) is 6. The van der Waals surface area contributed by atoms with Gasteiger partial charge in [0.25, 0.3) is 11.5 Å². The van der Waals surface area contributed by atoms with Gasteiger partial charge < -0.3 is 14.8 Å². The average Bonchev–Trinajstić information content (AvgIpc) is 2.84. The molecule has 1 aromatic heterocycles. The zero-order valence-electron chi connectivity index (χ0n) is 19.4. The lowest BCUT2D eigenvalue weighted by Crippen LogP contribution is -2.21. The van der Waals surface area contributed by atoms with Crippen LogP contribution in [0.3, 0.4) is 0 Å². The number of para-hydroxylation sites is 1. The maximum atomic E-state index is 13.0. The summed E-state index contributed by atoms with van der Waals surface area (Å²) in [6, 6.07) is 18.0. The second kappa shape index (κ2) is 10.5. The van der Waals surface area contributed by atoms with Crippen LogP contribution in [0.1, 0.15) is 17.0 Å². The maximum Gasteiger partial charge on any atom is 0.282 e. The molecule has 0 aliphatic rings.